The van der Waals surface area contributed by atoms with Gasteiger partial charge >= 0.3 is 0 Å². The van der Waals surface area contributed by atoms with Crippen LogP contribution in [0.5, 0.6) is 0 Å². The Morgan fingerprint density at radius 2 is 1.90 bits per heavy atom. The summed E-state index contributed by atoms with van der Waals surface area (Å²) < 4.78 is 28.1. The van der Waals surface area contributed by atoms with Crippen LogP contribution in [0.25, 0.3) is 0 Å². The van der Waals surface area contributed by atoms with Gasteiger partial charge in [-0.15, -0.1) is 0 Å². The van der Waals surface area contributed by atoms with Crippen LogP contribution in [0, 0.1) is 0 Å². The van der Waals surface area contributed by atoms with Crippen molar-refractivity contribution in [3.05, 3.63) is 38.1 Å². The molecule has 2 aromatic rings. The summed E-state index contributed by atoms with van der Waals surface area (Å²) in [5.74, 6) is 0.0857. The third-order valence-corrected chi connectivity index (χ3v) is 5.44. The molecule has 0 amide bonds. The van der Waals surface area contributed by atoms with Crippen LogP contribution in [-0.4, -0.2) is 18.4 Å². The van der Waals surface area contributed by atoms with E-state index in [4.69, 9.17) is 5.73 Å². The average molecular weight is 487 g/mol. The fourth-order valence-corrected chi connectivity index (χ4v) is 4.38. The molecule has 3 N–H and O–H groups in total. The number of nitrogens with zero attached hydrogens (tertiary/aromatic N) is 2. The molecule has 0 spiro atoms. The first-order chi connectivity index (χ1) is 9.29. The summed E-state index contributed by atoms with van der Waals surface area (Å²) in [6.07, 6.45) is 1.39. The SMILES string of the molecule is Nc1ccc(Br)c(S(=O)(=O)Nc2ncc(Br)nc2Br)c1. The monoisotopic (exact) mass is 484 g/mol. The van der Waals surface area contributed by atoms with Gasteiger partial charge in [-0.05, 0) is 66.0 Å². The van der Waals surface area contributed by atoms with E-state index < -0.39 is 10.0 Å². The Labute approximate surface area is 140 Å². The molecule has 1 aromatic heterocycles. The number of halogens is 3. The Bertz CT molecular complexity index is 767. The molecular formula is C10H7Br3N4O2S. The van der Waals surface area contributed by atoms with Gasteiger partial charge in [-0.25, -0.2) is 18.4 Å². The van der Waals surface area contributed by atoms with Crippen LogP contribution in [0.2, 0.25) is 0 Å². The molecule has 0 unspecified atom stereocenters. The maximum atomic E-state index is 12.3. The second-order valence-corrected chi connectivity index (χ2v) is 7.70. The second kappa shape index (κ2) is 5.96. The van der Waals surface area contributed by atoms with Gasteiger partial charge in [-0.3, -0.25) is 4.72 Å². The number of nitrogen functional groups attached to an aromatic ring is 1. The molecule has 2 rings (SSSR count). The second-order valence-electron chi connectivity index (χ2n) is 3.63. The van der Waals surface area contributed by atoms with Gasteiger partial charge in [0.15, 0.2) is 10.4 Å². The number of aromatic nitrogens is 2. The molecule has 1 aromatic carbocycles. The van der Waals surface area contributed by atoms with Crippen LogP contribution < -0.4 is 10.5 Å². The first-order valence-electron chi connectivity index (χ1n) is 5.05. The molecule has 6 nitrogen and oxygen atoms in total. The molecule has 106 valence electrons. The summed E-state index contributed by atoms with van der Waals surface area (Å²) in [6, 6.07) is 4.51. The van der Waals surface area contributed by atoms with Crippen molar-refractivity contribution in [2.75, 3.05) is 10.5 Å². The summed E-state index contributed by atoms with van der Waals surface area (Å²) in [4.78, 5) is 7.97. The van der Waals surface area contributed by atoms with E-state index in [1.165, 1.54) is 12.3 Å². The molecule has 0 aliphatic carbocycles. The molecule has 1 heterocycles. The van der Waals surface area contributed by atoms with Crippen molar-refractivity contribution in [1.82, 2.24) is 9.97 Å². The summed E-state index contributed by atoms with van der Waals surface area (Å²) >= 11 is 9.46. The Balaban J connectivity index is 2.43. The zero-order valence-electron chi connectivity index (χ0n) is 9.64. The Morgan fingerprint density at radius 1 is 1.20 bits per heavy atom. The lowest BCUT2D eigenvalue weighted by Gasteiger charge is -2.10. The summed E-state index contributed by atoms with van der Waals surface area (Å²) in [5, 5.41) is 0. The van der Waals surface area contributed by atoms with Gasteiger partial charge in [0.2, 0.25) is 0 Å². The zero-order chi connectivity index (χ0) is 14.9. The minimum Gasteiger partial charge on any atom is -0.399 e. The number of benzene rings is 1. The zero-order valence-corrected chi connectivity index (χ0v) is 15.2. The van der Waals surface area contributed by atoms with Crippen LogP contribution in [0.4, 0.5) is 11.5 Å². The van der Waals surface area contributed by atoms with Crippen LogP contribution in [0.15, 0.2) is 43.0 Å². The number of hydrogen-bond donors (Lipinski definition) is 2. The van der Waals surface area contributed by atoms with Crippen LogP contribution >= 0.6 is 47.8 Å². The number of nitrogens with two attached hydrogens (primary N) is 1. The maximum Gasteiger partial charge on any atom is 0.264 e. The lowest BCUT2D eigenvalue weighted by Crippen LogP contribution is -2.15. The highest BCUT2D eigenvalue weighted by atomic mass is 79.9. The molecule has 20 heavy (non-hydrogen) atoms. The smallest absolute Gasteiger partial charge is 0.264 e. The topological polar surface area (TPSA) is 98.0 Å². The normalized spacial score (nSPS) is 11.3. The summed E-state index contributed by atoms with van der Waals surface area (Å²) in [7, 11) is -3.83. The maximum absolute atomic E-state index is 12.3. The van der Waals surface area contributed by atoms with Crippen molar-refractivity contribution in [2.24, 2.45) is 0 Å². The molecule has 10 heteroatoms. The standard InChI is InChI=1S/C10H7Br3N4O2S/c11-6-2-1-5(14)3-7(6)20(18,19)17-10-9(13)16-8(12)4-15-10/h1-4H,14H2,(H,15,17). The highest BCUT2D eigenvalue weighted by Crippen LogP contribution is 2.27. The van der Waals surface area contributed by atoms with Crippen LogP contribution in [-0.2, 0) is 10.0 Å². The van der Waals surface area contributed by atoms with Crippen molar-refractivity contribution < 1.29 is 8.42 Å². The average Bonchev–Trinajstić information content (AvgIpc) is 2.35. The number of rotatable bonds is 3. The molecule has 0 aliphatic rings. The molecule has 0 bridgehead atoms. The fourth-order valence-electron chi connectivity index (χ4n) is 1.32. The number of anilines is 2. The van der Waals surface area contributed by atoms with Gasteiger partial charge in [0.25, 0.3) is 10.0 Å². The number of nitrogens with one attached hydrogen (secondary N) is 1. The van der Waals surface area contributed by atoms with Crippen molar-refractivity contribution >= 4 is 69.3 Å². The van der Waals surface area contributed by atoms with Gasteiger partial charge in [0.1, 0.15) is 9.50 Å². The van der Waals surface area contributed by atoms with Gasteiger partial charge in [-0.2, -0.15) is 0 Å². The largest absolute Gasteiger partial charge is 0.399 e. The minimum absolute atomic E-state index is 0.0223. The summed E-state index contributed by atoms with van der Waals surface area (Å²) in [6.45, 7) is 0. The molecule has 0 atom stereocenters. The van der Waals surface area contributed by atoms with E-state index in [2.05, 4.69) is 62.5 Å². The van der Waals surface area contributed by atoms with E-state index in [1.807, 2.05) is 0 Å². The van der Waals surface area contributed by atoms with Crippen molar-refractivity contribution in [2.45, 2.75) is 4.90 Å². The van der Waals surface area contributed by atoms with Crippen molar-refractivity contribution in [3.63, 3.8) is 0 Å². The Kier molecular flexibility index (Phi) is 4.67. The van der Waals surface area contributed by atoms with Crippen LogP contribution in [0.1, 0.15) is 0 Å². The van der Waals surface area contributed by atoms with Crippen molar-refractivity contribution in [3.8, 4) is 0 Å². The van der Waals surface area contributed by atoms with Crippen LogP contribution in [0.3, 0.4) is 0 Å². The van der Waals surface area contributed by atoms with E-state index >= 15 is 0 Å². The van der Waals surface area contributed by atoms with E-state index in [-0.39, 0.29) is 15.3 Å². The minimum atomic E-state index is -3.83. The van der Waals surface area contributed by atoms with E-state index in [1.54, 1.807) is 12.1 Å². The predicted octanol–water partition coefficient (Wildman–Crippen LogP) is 3.15. The molecular weight excluding hydrogens is 480 g/mol. The van der Waals surface area contributed by atoms with Gasteiger partial charge < -0.3 is 5.73 Å². The van der Waals surface area contributed by atoms with Gasteiger partial charge in [-0.1, -0.05) is 0 Å². The predicted molar refractivity (Wildman–Crippen MR) is 86.8 cm³/mol. The summed E-state index contributed by atoms with van der Waals surface area (Å²) in [5.41, 5.74) is 5.95. The highest BCUT2D eigenvalue weighted by molar-refractivity contribution is 9.11. The lowest BCUT2D eigenvalue weighted by atomic mass is 10.3. The van der Waals surface area contributed by atoms with E-state index in [0.29, 0.717) is 14.8 Å². The third kappa shape index (κ3) is 3.48. The molecule has 0 saturated heterocycles. The first kappa shape index (κ1) is 15.7. The molecule has 0 radical (unpaired) electrons. The Hall–Kier alpha value is -0.710. The Morgan fingerprint density at radius 3 is 2.55 bits per heavy atom. The third-order valence-electron chi connectivity index (χ3n) is 2.18. The molecule has 0 saturated carbocycles. The lowest BCUT2D eigenvalue weighted by molar-refractivity contribution is 0.600. The highest BCUT2D eigenvalue weighted by Gasteiger charge is 2.20. The molecule has 0 aliphatic heterocycles. The molecule has 0 fully saturated rings. The number of sulfonamides is 1. The van der Waals surface area contributed by atoms with Gasteiger partial charge in [0.05, 0.1) is 6.20 Å². The van der Waals surface area contributed by atoms with Crippen molar-refractivity contribution in [1.29, 1.82) is 0 Å². The fraction of sp³-hybridized carbons (Fsp3) is 0. The quantitative estimate of drug-likeness (QED) is 0.649. The van der Waals surface area contributed by atoms with E-state index in [9.17, 15) is 8.42 Å². The van der Waals surface area contributed by atoms with E-state index in [0.717, 1.165) is 0 Å². The number of hydrogen-bond acceptors (Lipinski definition) is 5. The first-order valence-corrected chi connectivity index (χ1v) is 8.92. The van der Waals surface area contributed by atoms with Gasteiger partial charge in [0, 0.05) is 10.2 Å².